The number of halogens is 1. The van der Waals surface area contributed by atoms with Crippen LogP contribution >= 0.6 is 0 Å². The van der Waals surface area contributed by atoms with Gasteiger partial charge in [-0.2, -0.15) is 0 Å². The van der Waals surface area contributed by atoms with Crippen LogP contribution in [-0.2, 0) is 0 Å². The smallest absolute Gasteiger partial charge is 0.130 e. The van der Waals surface area contributed by atoms with Crippen LogP contribution in [-0.4, -0.2) is 6.61 Å². The van der Waals surface area contributed by atoms with Gasteiger partial charge in [0.05, 0.1) is 0 Å². The van der Waals surface area contributed by atoms with Gasteiger partial charge >= 0.3 is 0 Å². The number of hydrogen-bond acceptors (Lipinski definition) is 1. The monoisotopic (exact) mass is 426 g/mol. The zero-order chi connectivity index (χ0) is 21.6. The van der Waals surface area contributed by atoms with E-state index in [1.54, 1.807) is 12.1 Å². The molecule has 3 aliphatic carbocycles. The van der Waals surface area contributed by atoms with Gasteiger partial charge in [0.1, 0.15) is 18.2 Å². The summed E-state index contributed by atoms with van der Waals surface area (Å²) in [7, 11) is 0. The molecule has 0 amide bonds. The fourth-order valence-electron chi connectivity index (χ4n) is 7.16. The predicted octanol–water partition coefficient (Wildman–Crippen LogP) is 8.69. The molecular weight excluding hydrogens is 383 g/mol. The highest BCUT2D eigenvalue weighted by Crippen LogP contribution is 2.51. The van der Waals surface area contributed by atoms with Crippen LogP contribution in [0.5, 0.6) is 5.75 Å². The van der Waals surface area contributed by atoms with Crippen molar-refractivity contribution in [3.8, 4) is 5.75 Å². The number of benzene rings is 1. The van der Waals surface area contributed by atoms with Crippen molar-refractivity contribution in [1.29, 1.82) is 0 Å². The summed E-state index contributed by atoms with van der Waals surface area (Å²) >= 11 is 0. The maximum Gasteiger partial charge on any atom is 0.130 e. The maximum absolute atomic E-state index is 14.8. The summed E-state index contributed by atoms with van der Waals surface area (Å²) in [6.07, 6.45) is 19.8. The Kier molecular flexibility index (Phi) is 8.13. The number of hydrogen-bond donors (Lipinski definition) is 0. The highest BCUT2D eigenvalue weighted by Gasteiger charge is 2.39. The van der Waals surface area contributed by atoms with Crippen LogP contribution in [0.25, 0.3) is 0 Å². The van der Waals surface area contributed by atoms with Gasteiger partial charge in [0.15, 0.2) is 0 Å². The predicted molar refractivity (Wildman–Crippen MR) is 128 cm³/mol. The fraction of sp³-hybridized carbons (Fsp3) is 0.724. The summed E-state index contributed by atoms with van der Waals surface area (Å²) in [5.41, 5.74) is 0.914. The second-order valence-electron chi connectivity index (χ2n) is 10.8. The van der Waals surface area contributed by atoms with Crippen molar-refractivity contribution >= 4 is 0 Å². The van der Waals surface area contributed by atoms with Crippen LogP contribution < -0.4 is 4.74 Å². The normalized spacial score (nSPS) is 33.5. The van der Waals surface area contributed by atoms with Gasteiger partial charge in [-0.05, 0) is 98.5 Å². The molecule has 1 aromatic rings. The van der Waals surface area contributed by atoms with Crippen molar-refractivity contribution in [3.63, 3.8) is 0 Å². The molecule has 0 spiro atoms. The number of rotatable bonds is 8. The average Bonchev–Trinajstić information content (AvgIpc) is 2.81. The van der Waals surface area contributed by atoms with E-state index in [-0.39, 0.29) is 5.82 Å². The minimum Gasteiger partial charge on any atom is -0.489 e. The Balaban J connectivity index is 1.28. The van der Waals surface area contributed by atoms with E-state index in [9.17, 15) is 4.39 Å². The molecule has 1 aromatic carbocycles. The Labute approximate surface area is 189 Å². The molecule has 1 nitrogen and oxygen atoms in total. The molecule has 3 fully saturated rings. The quantitative estimate of drug-likeness (QED) is 0.378. The molecule has 31 heavy (non-hydrogen) atoms. The van der Waals surface area contributed by atoms with E-state index in [4.69, 9.17) is 4.74 Å². The van der Waals surface area contributed by atoms with E-state index in [1.807, 2.05) is 12.1 Å². The Morgan fingerprint density at radius 3 is 2.32 bits per heavy atom. The minimum atomic E-state index is -0.0847. The molecule has 0 saturated heterocycles. The Morgan fingerprint density at radius 2 is 1.61 bits per heavy atom. The largest absolute Gasteiger partial charge is 0.489 e. The molecule has 4 atom stereocenters. The van der Waals surface area contributed by atoms with Crippen molar-refractivity contribution in [3.05, 3.63) is 42.2 Å². The van der Waals surface area contributed by atoms with Crippen LogP contribution in [0.15, 0.2) is 30.9 Å². The van der Waals surface area contributed by atoms with E-state index in [1.165, 1.54) is 77.0 Å². The first-order valence-electron chi connectivity index (χ1n) is 13.2. The van der Waals surface area contributed by atoms with Gasteiger partial charge in [-0.25, -0.2) is 4.39 Å². The number of unbranched alkanes of at least 4 members (excludes halogenated alkanes) is 1. The first kappa shape index (κ1) is 22.9. The molecule has 4 unspecified atom stereocenters. The lowest BCUT2D eigenvalue weighted by Gasteiger charge is -2.45. The summed E-state index contributed by atoms with van der Waals surface area (Å²) in [6, 6.07) is 5.47. The molecule has 3 saturated carbocycles. The lowest BCUT2D eigenvalue weighted by molar-refractivity contribution is 0.0706. The molecule has 3 aliphatic rings. The van der Waals surface area contributed by atoms with E-state index >= 15 is 0 Å². The van der Waals surface area contributed by atoms with Crippen molar-refractivity contribution in [1.82, 2.24) is 0 Å². The van der Waals surface area contributed by atoms with E-state index in [0.717, 1.165) is 41.6 Å². The molecule has 0 aliphatic heterocycles. The van der Waals surface area contributed by atoms with Crippen molar-refractivity contribution in [2.75, 3.05) is 6.61 Å². The van der Waals surface area contributed by atoms with E-state index in [2.05, 4.69) is 13.5 Å². The van der Waals surface area contributed by atoms with Crippen LogP contribution in [0, 0.1) is 35.4 Å². The highest BCUT2D eigenvalue weighted by molar-refractivity contribution is 5.31. The summed E-state index contributed by atoms with van der Waals surface area (Å²) in [4.78, 5) is 0. The topological polar surface area (TPSA) is 9.23 Å². The number of fused-ring (bicyclic) bond motifs is 1. The third kappa shape index (κ3) is 5.74. The summed E-state index contributed by atoms with van der Waals surface area (Å²) in [6.45, 7) is 6.40. The van der Waals surface area contributed by atoms with Crippen molar-refractivity contribution < 1.29 is 9.13 Å². The Hall–Kier alpha value is -1.31. The molecule has 4 rings (SSSR count). The van der Waals surface area contributed by atoms with Crippen molar-refractivity contribution in [2.45, 2.75) is 96.3 Å². The highest BCUT2D eigenvalue weighted by atomic mass is 19.1. The first-order chi connectivity index (χ1) is 15.2. The first-order valence-corrected chi connectivity index (χ1v) is 13.2. The van der Waals surface area contributed by atoms with Gasteiger partial charge in [-0.15, -0.1) is 0 Å². The third-order valence-corrected chi connectivity index (χ3v) is 8.96. The fourth-order valence-corrected chi connectivity index (χ4v) is 7.16. The van der Waals surface area contributed by atoms with Crippen LogP contribution in [0.4, 0.5) is 4.39 Å². The zero-order valence-electron chi connectivity index (χ0n) is 19.7. The Bertz CT molecular complexity index is 705. The van der Waals surface area contributed by atoms with E-state index in [0.29, 0.717) is 18.3 Å². The van der Waals surface area contributed by atoms with Crippen LogP contribution in [0.1, 0.15) is 102 Å². The van der Waals surface area contributed by atoms with Gasteiger partial charge < -0.3 is 4.74 Å². The molecule has 172 valence electrons. The third-order valence-electron chi connectivity index (χ3n) is 8.96. The molecule has 0 heterocycles. The van der Waals surface area contributed by atoms with Gasteiger partial charge in [0, 0.05) is 6.07 Å². The molecule has 0 aromatic heterocycles. The van der Waals surface area contributed by atoms with Gasteiger partial charge in [0.25, 0.3) is 0 Å². The summed E-state index contributed by atoms with van der Waals surface area (Å²) in [5.74, 6) is 5.61. The van der Waals surface area contributed by atoms with Crippen LogP contribution in [0.3, 0.4) is 0 Å². The maximum atomic E-state index is 14.8. The van der Waals surface area contributed by atoms with E-state index < -0.39 is 0 Å². The molecule has 0 N–H and O–H groups in total. The SMILES string of the molecule is C=CCOc1ccc(C2CCC3CC(C4CCC(CCCC)CC4)CCC3C2)c(F)c1. The van der Waals surface area contributed by atoms with Gasteiger partial charge in [-0.1, -0.05) is 57.7 Å². The number of ether oxygens (including phenoxy) is 1. The standard InChI is InChI=1S/C29H43FO/c1-3-5-6-21-7-9-22(10-8-21)23-11-12-25-19-26(14-13-24(25)18-23)28-16-15-27(20-29(28)30)31-17-4-2/h4,15-16,20-26H,2-3,5-14,17-19H2,1H3. The lowest BCUT2D eigenvalue weighted by atomic mass is 9.60. The summed E-state index contributed by atoms with van der Waals surface area (Å²) < 4.78 is 20.3. The molecule has 2 heteroatoms. The average molecular weight is 427 g/mol. The second-order valence-corrected chi connectivity index (χ2v) is 10.8. The summed E-state index contributed by atoms with van der Waals surface area (Å²) in [5, 5.41) is 0. The lowest BCUT2D eigenvalue weighted by Crippen LogP contribution is -2.34. The Morgan fingerprint density at radius 1 is 0.935 bits per heavy atom. The van der Waals surface area contributed by atoms with Crippen LogP contribution in [0.2, 0.25) is 0 Å². The molecular formula is C29H43FO. The van der Waals surface area contributed by atoms with Gasteiger partial charge in [-0.3, -0.25) is 0 Å². The van der Waals surface area contributed by atoms with Gasteiger partial charge in [0.2, 0.25) is 0 Å². The minimum absolute atomic E-state index is 0.0847. The second kappa shape index (κ2) is 11.0. The van der Waals surface area contributed by atoms with Crippen molar-refractivity contribution in [2.24, 2.45) is 29.6 Å². The molecule has 0 radical (unpaired) electrons. The molecule has 0 bridgehead atoms. The zero-order valence-corrected chi connectivity index (χ0v) is 19.7.